The number of aromatic nitrogens is 1. The van der Waals surface area contributed by atoms with E-state index >= 15 is 0 Å². The standard InChI is InChI=1S/C15H22N2O4S/c1-12-15(3-2-6-16-12)21-14-4-7-17(9-14)22(18,19)11-13-5-8-20-10-13/h2-3,6,13-14H,4-5,7-11H2,1H3/t13-,14+/m0/s1. The van der Waals surface area contributed by atoms with Gasteiger partial charge in [-0.25, -0.2) is 8.42 Å². The smallest absolute Gasteiger partial charge is 0.214 e. The minimum absolute atomic E-state index is 0.0995. The predicted molar refractivity (Wildman–Crippen MR) is 82.3 cm³/mol. The molecule has 22 heavy (non-hydrogen) atoms. The van der Waals surface area contributed by atoms with E-state index in [2.05, 4.69) is 4.98 Å². The molecule has 2 aliphatic rings. The topological polar surface area (TPSA) is 68.7 Å². The molecule has 0 unspecified atom stereocenters. The third-order valence-electron chi connectivity index (χ3n) is 4.22. The molecular formula is C15H22N2O4S. The van der Waals surface area contributed by atoms with E-state index in [1.807, 2.05) is 19.1 Å². The summed E-state index contributed by atoms with van der Waals surface area (Å²) < 4.78 is 37.6. The summed E-state index contributed by atoms with van der Waals surface area (Å²) >= 11 is 0. The van der Waals surface area contributed by atoms with Crippen molar-refractivity contribution in [1.82, 2.24) is 9.29 Å². The molecule has 0 spiro atoms. The third kappa shape index (κ3) is 3.59. The van der Waals surface area contributed by atoms with E-state index in [9.17, 15) is 8.42 Å². The van der Waals surface area contributed by atoms with Crippen LogP contribution in [0.4, 0.5) is 0 Å². The molecule has 0 N–H and O–H groups in total. The number of ether oxygens (including phenoxy) is 2. The van der Waals surface area contributed by atoms with Crippen LogP contribution in [0.1, 0.15) is 18.5 Å². The highest BCUT2D eigenvalue weighted by Crippen LogP contribution is 2.24. The van der Waals surface area contributed by atoms with Crippen LogP contribution < -0.4 is 4.74 Å². The highest BCUT2D eigenvalue weighted by atomic mass is 32.2. The fraction of sp³-hybridized carbons (Fsp3) is 0.667. The fourth-order valence-electron chi connectivity index (χ4n) is 2.94. The van der Waals surface area contributed by atoms with Crippen LogP contribution in [0.15, 0.2) is 18.3 Å². The van der Waals surface area contributed by atoms with Gasteiger partial charge in [-0.15, -0.1) is 0 Å². The Balaban J connectivity index is 1.58. The molecule has 0 bridgehead atoms. The fourth-order valence-corrected chi connectivity index (χ4v) is 4.78. The number of aryl methyl sites for hydroxylation is 1. The van der Waals surface area contributed by atoms with Gasteiger partial charge >= 0.3 is 0 Å². The van der Waals surface area contributed by atoms with E-state index in [4.69, 9.17) is 9.47 Å². The van der Waals surface area contributed by atoms with Gasteiger partial charge in [0.15, 0.2) is 0 Å². The summed E-state index contributed by atoms with van der Waals surface area (Å²) in [5.74, 6) is 1.05. The van der Waals surface area contributed by atoms with Crippen molar-refractivity contribution >= 4 is 10.0 Å². The molecule has 0 saturated carbocycles. The van der Waals surface area contributed by atoms with E-state index in [1.54, 1.807) is 10.5 Å². The minimum atomic E-state index is -3.22. The molecule has 0 amide bonds. The van der Waals surface area contributed by atoms with Crippen LogP contribution in [-0.4, -0.2) is 55.9 Å². The molecule has 2 saturated heterocycles. The van der Waals surface area contributed by atoms with Crippen molar-refractivity contribution in [3.05, 3.63) is 24.0 Å². The van der Waals surface area contributed by atoms with Crippen LogP contribution >= 0.6 is 0 Å². The average molecular weight is 326 g/mol. The lowest BCUT2D eigenvalue weighted by atomic mass is 10.2. The molecule has 3 rings (SSSR count). The Bertz CT molecular complexity index is 614. The lowest BCUT2D eigenvalue weighted by Gasteiger charge is -2.19. The molecule has 1 aromatic rings. The molecule has 0 radical (unpaired) electrons. The molecule has 3 heterocycles. The van der Waals surface area contributed by atoms with Crippen molar-refractivity contribution < 1.29 is 17.9 Å². The molecular weight excluding hydrogens is 304 g/mol. The number of hydrogen-bond acceptors (Lipinski definition) is 5. The lowest BCUT2D eigenvalue weighted by molar-refractivity contribution is 0.188. The van der Waals surface area contributed by atoms with Gasteiger partial charge < -0.3 is 9.47 Å². The highest BCUT2D eigenvalue weighted by Gasteiger charge is 2.35. The summed E-state index contributed by atoms with van der Waals surface area (Å²) in [6, 6.07) is 3.70. The average Bonchev–Trinajstić information content (AvgIpc) is 3.13. The van der Waals surface area contributed by atoms with E-state index < -0.39 is 10.0 Å². The van der Waals surface area contributed by atoms with Crippen LogP contribution in [0, 0.1) is 12.8 Å². The van der Waals surface area contributed by atoms with Crippen molar-refractivity contribution in [1.29, 1.82) is 0 Å². The van der Waals surface area contributed by atoms with Gasteiger partial charge in [-0.3, -0.25) is 4.98 Å². The second-order valence-electron chi connectivity index (χ2n) is 5.98. The van der Waals surface area contributed by atoms with Gasteiger partial charge in [0.2, 0.25) is 10.0 Å². The number of nitrogens with zero attached hydrogens (tertiary/aromatic N) is 2. The lowest BCUT2D eigenvalue weighted by Crippen LogP contribution is -2.35. The van der Waals surface area contributed by atoms with E-state index in [-0.39, 0.29) is 17.8 Å². The Morgan fingerprint density at radius 1 is 1.45 bits per heavy atom. The summed E-state index contributed by atoms with van der Waals surface area (Å²) in [6.45, 7) is 4.07. The third-order valence-corrected chi connectivity index (χ3v) is 6.23. The van der Waals surface area contributed by atoms with Crippen LogP contribution in [0.3, 0.4) is 0 Å². The summed E-state index contributed by atoms with van der Waals surface area (Å²) in [5.41, 5.74) is 0.826. The zero-order valence-electron chi connectivity index (χ0n) is 12.8. The maximum absolute atomic E-state index is 12.5. The number of rotatable bonds is 5. The van der Waals surface area contributed by atoms with Crippen LogP contribution in [0.5, 0.6) is 5.75 Å². The molecule has 2 atom stereocenters. The maximum atomic E-state index is 12.5. The maximum Gasteiger partial charge on any atom is 0.214 e. The summed E-state index contributed by atoms with van der Waals surface area (Å²) in [4.78, 5) is 4.19. The van der Waals surface area contributed by atoms with Gasteiger partial charge in [0.1, 0.15) is 11.9 Å². The summed E-state index contributed by atoms with van der Waals surface area (Å²) in [6.07, 6.45) is 3.17. The molecule has 2 fully saturated rings. The first kappa shape index (κ1) is 15.7. The van der Waals surface area contributed by atoms with E-state index in [0.717, 1.165) is 17.9 Å². The summed E-state index contributed by atoms with van der Waals surface area (Å²) in [7, 11) is -3.22. The quantitative estimate of drug-likeness (QED) is 0.813. The molecule has 0 aromatic carbocycles. The molecule has 122 valence electrons. The zero-order chi connectivity index (χ0) is 15.6. The number of pyridine rings is 1. The number of hydrogen-bond donors (Lipinski definition) is 0. The van der Waals surface area contributed by atoms with Crippen LogP contribution in [-0.2, 0) is 14.8 Å². The first-order chi connectivity index (χ1) is 10.5. The second kappa shape index (κ2) is 6.52. The van der Waals surface area contributed by atoms with Gasteiger partial charge in [-0.2, -0.15) is 4.31 Å². The van der Waals surface area contributed by atoms with E-state index in [1.165, 1.54) is 0 Å². The van der Waals surface area contributed by atoms with Crippen molar-refractivity contribution in [2.24, 2.45) is 5.92 Å². The van der Waals surface area contributed by atoms with Gasteiger partial charge in [-0.05, 0) is 37.8 Å². The van der Waals surface area contributed by atoms with Crippen LogP contribution in [0.25, 0.3) is 0 Å². The Morgan fingerprint density at radius 2 is 2.32 bits per heavy atom. The van der Waals surface area contributed by atoms with E-state index in [0.29, 0.717) is 32.7 Å². The second-order valence-corrected chi connectivity index (χ2v) is 8.00. The molecule has 6 nitrogen and oxygen atoms in total. The molecule has 1 aromatic heterocycles. The molecule has 2 aliphatic heterocycles. The molecule has 7 heteroatoms. The van der Waals surface area contributed by atoms with Crippen molar-refractivity contribution in [2.75, 3.05) is 32.1 Å². The van der Waals surface area contributed by atoms with Crippen LogP contribution in [0.2, 0.25) is 0 Å². The molecule has 0 aliphatic carbocycles. The predicted octanol–water partition coefficient (Wildman–Crippen LogP) is 1.21. The van der Waals surface area contributed by atoms with Crippen molar-refractivity contribution in [2.45, 2.75) is 25.9 Å². The van der Waals surface area contributed by atoms with Gasteiger partial charge in [0, 0.05) is 19.3 Å². The highest BCUT2D eigenvalue weighted by molar-refractivity contribution is 7.89. The Kier molecular flexibility index (Phi) is 4.65. The first-order valence-electron chi connectivity index (χ1n) is 7.68. The Morgan fingerprint density at radius 3 is 3.05 bits per heavy atom. The van der Waals surface area contributed by atoms with Gasteiger partial charge in [-0.1, -0.05) is 0 Å². The Hall–Kier alpha value is -1.18. The van der Waals surface area contributed by atoms with Crippen molar-refractivity contribution in [3.8, 4) is 5.75 Å². The monoisotopic (exact) mass is 326 g/mol. The minimum Gasteiger partial charge on any atom is -0.487 e. The SMILES string of the molecule is Cc1ncccc1O[C@@H]1CCN(S(=O)(=O)C[C@H]2CCOC2)C1. The zero-order valence-corrected chi connectivity index (χ0v) is 13.6. The first-order valence-corrected chi connectivity index (χ1v) is 9.29. The Labute approximate surface area is 131 Å². The van der Waals surface area contributed by atoms with Gasteiger partial charge in [0.05, 0.1) is 24.6 Å². The normalized spacial score (nSPS) is 26.4. The van der Waals surface area contributed by atoms with Crippen molar-refractivity contribution in [3.63, 3.8) is 0 Å². The number of sulfonamides is 1. The summed E-state index contributed by atoms with van der Waals surface area (Å²) in [5, 5.41) is 0. The van der Waals surface area contributed by atoms with Gasteiger partial charge in [0.25, 0.3) is 0 Å². The largest absolute Gasteiger partial charge is 0.487 e.